The van der Waals surface area contributed by atoms with Crippen LogP contribution in [0.25, 0.3) is 0 Å². The molecule has 0 saturated carbocycles. The van der Waals surface area contributed by atoms with Crippen molar-refractivity contribution in [3.8, 4) is 0 Å². The Labute approximate surface area is 77.6 Å². The van der Waals surface area contributed by atoms with Gasteiger partial charge in [0.25, 0.3) is 0 Å². The first-order valence-corrected chi connectivity index (χ1v) is 4.37. The third kappa shape index (κ3) is 2.05. The maximum Gasteiger partial charge on any atom is 0.152 e. The zero-order chi connectivity index (χ0) is 10.0. The van der Waals surface area contributed by atoms with Crippen molar-refractivity contribution < 1.29 is 5.11 Å². The van der Waals surface area contributed by atoms with E-state index in [-0.39, 0.29) is 6.04 Å². The molecule has 2 unspecified atom stereocenters. The Balaban J connectivity index is 2.93. The minimum absolute atomic E-state index is 0.259. The summed E-state index contributed by atoms with van der Waals surface area (Å²) >= 11 is 0. The summed E-state index contributed by atoms with van der Waals surface area (Å²) in [6.07, 6.45) is 1.02. The number of hydrogen-bond acceptors (Lipinski definition) is 4. The van der Waals surface area contributed by atoms with E-state index in [9.17, 15) is 5.11 Å². The Hall–Kier alpha value is -0.940. The van der Waals surface area contributed by atoms with Crippen LogP contribution in [0.2, 0.25) is 0 Å². The zero-order valence-corrected chi connectivity index (χ0v) is 8.18. The molecule has 0 saturated heterocycles. The van der Waals surface area contributed by atoms with Gasteiger partial charge in [0.1, 0.15) is 6.33 Å². The van der Waals surface area contributed by atoms with Gasteiger partial charge in [-0.15, -0.1) is 10.2 Å². The molecule has 13 heavy (non-hydrogen) atoms. The van der Waals surface area contributed by atoms with Crippen molar-refractivity contribution in [3.63, 3.8) is 0 Å². The average molecular weight is 184 g/mol. The lowest BCUT2D eigenvalue weighted by atomic mass is 10.2. The van der Waals surface area contributed by atoms with E-state index in [2.05, 4.69) is 10.2 Å². The molecule has 5 nitrogen and oxygen atoms in total. The van der Waals surface area contributed by atoms with Crippen LogP contribution in [-0.4, -0.2) is 26.0 Å². The third-order valence-corrected chi connectivity index (χ3v) is 1.97. The number of nitrogens with zero attached hydrogens (tertiary/aromatic N) is 3. The lowest BCUT2D eigenvalue weighted by molar-refractivity contribution is 0.158. The molecule has 0 radical (unpaired) electrons. The normalized spacial score (nSPS) is 16.2. The Morgan fingerprint density at radius 2 is 2.08 bits per heavy atom. The van der Waals surface area contributed by atoms with Gasteiger partial charge in [0, 0.05) is 6.04 Å². The fourth-order valence-electron chi connectivity index (χ4n) is 1.10. The Morgan fingerprint density at radius 3 is 2.54 bits per heavy atom. The van der Waals surface area contributed by atoms with Gasteiger partial charge in [-0.1, -0.05) is 0 Å². The van der Waals surface area contributed by atoms with Gasteiger partial charge in [-0.05, 0) is 20.8 Å². The van der Waals surface area contributed by atoms with E-state index in [0.717, 1.165) is 0 Å². The SMILES string of the molecule is CC(O)C(N)c1nncn1C(C)C. The summed E-state index contributed by atoms with van der Waals surface area (Å²) < 4.78 is 1.86. The highest BCUT2D eigenvalue weighted by Gasteiger charge is 2.19. The summed E-state index contributed by atoms with van der Waals surface area (Å²) in [6.45, 7) is 5.67. The quantitative estimate of drug-likeness (QED) is 0.705. The van der Waals surface area contributed by atoms with Gasteiger partial charge in [0.15, 0.2) is 5.82 Å². The van der Waals surface area contributed by atoms with E-state index in [4.69, 9.17) is 5.73 Å². The summed E-state index contributed by atoms with van der Waals surface area (Å²) in [6, 6.07) is -0.209. The van der Waals surface area contributed by atoms with Crippen LogP contribution in [-0.2, 0) is 0 Å². The molecule has 3 N–H and O–H groups in total. The molecule has 0 aliphatic heterocycles. The van der Waals surface area contributed by atoms with Crippen molar-refractivity contribution in [1.29, 1.82) is 0 Å². The Bertz CT molecular complexity index is 269. The minimum atomic E-state index is -0.610. The van der Waals surface area contributed by atoms with Gasteiger partial charge >= 0.3 is 0 Å². The van der Waals surface area contributed by atoms with E-state index in [0.29, 0.717) is 5.82 Å². The van der Waals surface area contributed by atoms with Gasteiger partial charge < -0.3 is 15.4 Å². The molecule has 2 atom stereocenters. The number of aromatic nitrogens is 3. The molecule has 0 aromatic carbocycles. The van der Waals surface area contributed by atoms with Gasteiger partial charge in [-0.25, -0.2) is 0 Å². The summed E-state index contributed by atoms with van der Waals surface area (Å²) in [4.78, 5) is 0. The van der Waals surface area contributed by atoms with Crippen molar-refractivity contribution in [2.45, 2.75) is 39.0 Å². The van der Waals surface area contributed by atoms with Crippen LogP contribution >= 0.6 is 0 Å². The van der Waals surface area contributed by atoms with Crippen LogP contribution in [0.1, 0.15) is 38.7 Å². The van der Waals surface area contributed by atoms with Crippen molar-refractivity contribution in [3.05, 3.63) is 12.2 Å². The third-order valence-electron chi connectivity index (χ3n) is 1.97. The molecular formula is C8H16N4O. The van der Waals surface area contributed by atoms with Crippen LogP contribution < -0.4 is 5.73 Å². The molecule has 0 fully saturated rings. The molecule has 0 aliphatic rings. The van der Waals surface area contributed by atoms with Crippen LogP contribution in [0.3, 0.4) is 0 Å². The van der Waals surface area contributed by atoms with Gasteiger partial charge in [-0.2, -0.15) is 0 Å². The molecule has 1 aromatic heterocycles. The molecular weight excluding hydrogens is 168 g/mol. The lowest BCUT2D eigenvalue weighted by Gasteiger charge is -2.17. The predicted octanol–water partition coefficient (Wildman–Crippen LogP) is 0.240. The van der Waals surface area contributed by atoms with Crippen molar-refractivity contribution in [2.24, 2.45) is 5.73 Å². The second-order valence-electron chi connectivity index (χ2n) is 3.46. The maximum absolute atomic E-state index is 9.29. The first-order chi connectivity index (χ1) is 6.04. The van der Waals surface area contributed by atoms with E-state index in [1.165, 1.54) is 0 Å². The van der Waals surface area contributed by atoms with Crippen molar-refractivity contribution >= 4 is 0 Å². The minimum Gasteiger partial charge on any atom is -0.391 e. The Kier molecular flexibility index (Phi) is 3.00. The average Bonchev–Trinajstić information content (AvgIpc) is 2.50. The molecule has 0 amide bonds. The van der Waals surface area contributed by atoms with Gasteiger partial charge in [0.2, 0.25) is 0 Å². The maximum atomic E-state index is 9.29. The molecule has 74 valence electrons. The molecule has 5 heteroatoms. The standard InChI is InChI=1S/C8H16N4O/c1-5(2)12-4-10-11-8(12)7(9)6(3)13/h4-7,13H,9H2,1-3H3. The van der Waals surface area contributed by atoms with Crippen LogP contribution in [0.15, 0.2) is 6.33 Å². The van der Waals surface area contributed by atoms with Crippen LogP contribution in [0.4, 0.5) is 0 Å². The lowest BCUT2D eigenvalue weighted by Crippen LogP contribution is -2.27. The van der Waals surface area contributed by atoms with Crippen LogP contribution in [0, 0.1) is 0 Å². The van der Waals surface area contributed by atoms with E-state index >= 15 is 0 Å². The van der Waals surface area contributed by atoms with E-state index in [1.54, 1.807) is 13.3 Å². The summed E-state index contributed by atoms with van der Waals surface area (Å²) in [5.74, 6) is 0.630. The predicted molar refractivity (Wildman–Crippen MR) is 49.0 cm³/mol. The molecule has 1 heterocycles. The molecule has 1 aromatic rings. The smallest absolute Gasteiger partial charge is 0.152 e. The van der Waals surface area contributed by atoms with Gasteiger partial charge in [-0.3, -0.25) is 0 Å². The zero-order valence-electron chi connectivity index (χ0n) is 8.18. The number of aliphatic hydroxyl groups excluding tert-OH is 1. The number of aliphatic hydroxyl groups is 1. The summed E-state index contributed by atoms with van der Waals surface area (Å²) in [5, 5.41) is 16.9. The molecule has 0 spiro atoms. The number of hydrogen-bond donors (Lipinski definition) is 2. The number of rotatable bonds is 3. The van der Waals surface area contributed by atoms with Crippen LogP contribution in [0.5, 0.6) is 0 Å². The highest BCUT2D eigenvalue weighted by Crippen LogP contribution is 2.15. The van der Waals surface area contributed by atoms with Crippen molar-refractivity contribution in [1.82, 2.24) is 14.8 Å². The molecule has 0 aliphatic carbocycles. The second-order valence-corrected chi connectivity index (χ2v) is 3.46. The molecule has 1 rings (SSSR count). The highest BCUT2D eigenvalue weighted by atomic mass is 16.3. The van der Waals surface area contributed by atoms with Crippen molar-refractivity contribution in [2.75, 3.05) is 0 Å². The summed E-state index contributed by atoms with van der Waals surface area (Å²) in [5.41, 5.74) is 5.75. The largest absolute Gasteiger partial charge is 0.391 e. The summed E-state index contributed by atoms with van der Waals surface area (Å²) in [7, 11) is 0. The molecule has 0 bridgehead atoms. The second kappa shape index (κ2) is 3.85. The first kappa shape index (κ1) is 10.1. The first-order valence-electron chi connectivity index (χ1n) is 4.37. The Morgan fingerprint density at radius 1 is 1.46 bits per heavy atom. The van der Waals surface area contributed by atoms with E-state index in [1.807, 2.05) is 18.4 Å². The highest BCUT2D eigenvalue weighted by molar-refractivity contribution is 4.97. The monoisotopic (exact) mass is 184 g/mol. The topological polar surface area (TPSA) is 77.0 Å². The van der Waals surface area contributed by atoms with E-state index < -0.39 is 12.1 Å². The fraction of sp³-hybridized carbons (Fsp3) is 0.750. The number of nitrogens with two attached hydrogens (primary N) is 1. The van der Waals surface area contributed by atoms with Gasteiger partial charge in [0.05, 0.1) is 12.1 Å². The fourth-order valence-corrected chi connectivity index (χ4v) is 1.10.